The zero-order valence-corrected chi connectivity index (χ0v) is 11.4. The molecule has 0 aliphatic rings. The first-order valence-corrected chi connectivity index (χ1v) is 7.00. The van der Waals surface area contributed by atoms with E-state index in [9.17, 15) is 4.39 Å². The Kier molecular flexibility index (Phi) is 3.92. The maximum Gasteiger partial charge on any atom is 0.123 e. The molecule has 0 saturated carbocycles. The number of benzene rings is 2. The summed E-state index contributed by atoms with van der Waals surface area (Å²) in [5.41, 5.74) is 10.1. The van der Waals surface area contributed by atoms with E-state index in [0.717, 1.165) is 27.3 Å². The van der Waals surface area contributed by atoms with Crippen LogP contribution in [-0.4, -0.2) is 6.26 Å². The Morgan fingerprint density at radius 3 is 2.67 bits per heavy atom. The van der Waals surface area contributed by atoms with E-state index in [1.165, 1.54) is 6.07 Å². The lowest BCUT2D eigenvalue weighted by molar-refractivity contribution is 0.626. The molecule has 0 aliphatic carbocycles. The van der Waals surface area contributed by atoms with Crippen molar-refractivity contribution in [3.8, 4) is 0 Å². The molecule has 18 heavy (non-hydrogen) atoms. The van der Waals surface area contributed by atoms with Crippen LogP contribution >= 0.6 is 11.8 Å². The molecule has 0 unspecified atom stereocenters. The van der Waals surface area contributed by atoms with Gasteiger partial charge in [-0.2, -0.15) is 0 Å². The number of hydrogen-bond donors (Lipinski definition) is 1. The van der Waals surface area contributed by atoms with E-state index in [2.05, 4.69) is 6.07 Å². The number of nitrogens with two attached hydrogens (primary N) is 1. The van der Waals surface area contributed by atoms with Crippen molar-refractivity contribution in [1.82, 2.24) is 0 Å². The summed E-state index contributed by atoms with van der Waals surface area (Å²) in [6, 6.07) is 10.8. The largest absolute Gasteiger partial charge is 0.398 e. The predicted octanol–water partition coefficient (Wildman–Crippen LogP) is 4.03. The Hall–Kier alpha value is -1.48. The summed E-state index contributed by atoms with van der Waals surface area (Å²) in [5, 5.41) is 0. The summed E-state index contributed by atoms with van der Waals surface area (Å²) in [6.07, 6.45) is 2.72. The highest BCUT2D eigenvalue weighted by molar-refractivity contribution is 7.98. The van der Waals surface area contributed by atoms with Crippen LogP contribution in [0.1, 0.15) is 16.7 Å². The van der Waals surface area contributed by atoms with Crippen LogP contribution in [0.15, 0.2) is 41.3 Å². The molecule has 2 rings (SSSR count). The molecule has 0 fully saturated rings. The quantitative estimate of drug-likeness (QED) is 0.667. The fourth-order valence-electron chi connectivity index (χ4n) is 2.13. The van der Waals surface area contributed by atoms with Gasteiger partial charge in [0, 0.05) is 10.6 Å². The molecule has 0 aromatic heterocycles. The lowest BCUT2D eigenvalue weighted by atomic mass is 10.0. The van der Waals surface area contributed by atoms with Crippen molar-refractivity contribution in [2.45, 2.75) is 18.2 Å². The highest BCUT2D eigenvalue weighted by atomic mass is 32.2. The van der Waals surface area contributed by atoms with E-state index >= 15 is 0 Å². The molecule has 3 heteroatoms. The lowest BCUT2D eigenvalue weighted by Crippen LogP contribution is -1.97. The maximum atomic E-state index is 13.2. The standard InChI is InChI=1S/C15H16FNS/c1-10-6-12(15(18-2)14(17)7-10)8-11-4-3-5-13(16)9-11/h3-7,9H,8,17H2,1-2H3. The number of aryl methyl sites for hydroxylation is 1. The average molecular weight is 261 g/mol. The van der Waals surface area contributed by atoms with E-state index in [-0.39, 0.29) is 5.82 Å². The van der Waals surface area contributed by atoms with Gasteiger partial charge >= 0.3 is 0 Å². The summed E-state index contributed by atoms with van der Waals surface area (Å²) in [4.78, 5) is 1.09. The van der Waals surface area contributed by atoms with Gasteiger partial charge in [0.15, 0.2) is 0 Å². The number of thioether (sulfide) groups is 1. The molecule has 0 aliphatic heterocycles. The second kappa shape index (κ2) is 5.44. The molecule has 0 atom stereocenters. The second-order valence-electron chi connectivity index (χ2n) is 4.35. The van der Waals surface area contributed by atoms with Gasteiger partial charge in [-0.1, -0.05) is 18.2 Å². The number of hydrogen-bond acceptors (Lipinski definition) is 2. The van der Waals surface area contributed by atoms with Crippen molar-refractivity contribution >= 4 is 17.4 Å². The molecule has 94 valence electrons. The first-order chi connectivity index (χ1) is 8.60. The number of nitrogen functional groups attached to an aromatic ring is 1. The van der Waals surface area contributed by atoms with Gasteiger partial charge in [0.2, 0.25) is 0 Å². The minimum absolute atomic E-state index is 0.196. The molecule has 0 bridgehead atoms. The minimum Gasteiger partial charge on any atom is -0.398 e. The zero-order valence-electron chi connectivity index (χ0n) is 10.5. The molecule has 2 N–H and O–H groups in total. The number of halogens is 1. The van der Waals surface area contributed by atoms with Crippen LogP contribution < -0.4 is 5.73 Å². The van der Waals surface area contributed by atoms with Crippen molar-refractivity contribution < 1.29 is 4.39 Å². The summed E-state index contributed by atoms with van der Waals surface area (Å²) >= 11 is 1.64. The SMILES string of the molecule is CSc1c(N)cc(C)cc1Cc1cccc(F)c1. The van der Waals surface area contributed by atoms with Crippen molar-refractivity contribution in [3.05, 3.63) is 58.9 Å². The van der Waals surface area contributed by atoms with Crippen molar-refractivity contribution in [2.24, 2.45) is 0 Å². The normalized spacial score (nSPS) is 10.6. The van der Waals surface area contributed by atoms with Crippen LogP contribution in [0.3, 0.4) is 0 Å². The molecule has 0 amide bonds. The fourth-order valence-corrected chi connectivity index (χ4v) is 2.81. The average Bonchev–Trinajstić information content (AvgIpc) is 2.28. The summed E-state index contributed by atoms with van der Waals surface area (Å²) < 4.78 is 13.2. The van der Waals surface area contributed by atoms with Gasteiger partial charge in [0.25, 0.3) is 0 Å². The Morgan fingerprint density at radius 2 is 2.00 bits per heavy atom. The molecule has 0 heterocycles. The number of anilines is 1. The summed E-state index contributed by atoms with van der Waals surface area (Å²) in [7, 11) is 0. The van der Waals surface area contributed by atoms with Crippen molar-refractivity contribution in [2.75, 3.05) is 12.0 Å². The lowest BCUT2D eigenvalue weighted by Gasteiger charge is -2.12. The van der Waals surface area contributed by atoms with Crippen molar-refractivity contribution in [3.63, 3.8) is 0 Å². The molecule has 0 saturated heterocycles. The smallest absolute Gasteiger partial charge is 0.123 e. The van der Waals surface area contributed by atoms with Crippen LogP contribution in [0.2, 0.25) is 0 Å². The van der Waals surface area contributed by atoms with Gasteiger partial charge in [0.1, 0.15) is 5.82 Å². The third-order valence-corrected chi connectivity index (χ3v) is 3.73. The second-order valence-corrected chi connectivity index (χ2v) is 5.17. The van der Waals surface area contributed by atoms with Gasteiger partial charge in [-0.05, 0) is 54.5 Å². The van der Waals surface area contributed by atoms with Gasteiger partial charge < -0.3 is 5.73 Å². The highest BCUT2D eigenvalue weighted by Crippen LogP contribution is 2.30. The maximum absolute atomic E-state index is 13.2. The first kappa shape index (κ1) is 13.0. The van der Waals surface area contributed by atoms with Gasteiger partial charge in [-0.15, -0.1) is 11.8 Å². The molecule has 2 aromatic rings. The van der Waals surface area contributed by atoms with Crippen LogP contribution in [0.5, 0.6) is 0 Å². The van der Waals surface area contributed by atoms with Crippen LogP contribution in [0.4, 0.5) is 10.1 Å². The Balaban J connectivity index is 2.39. The number of rotatable bonds is 3. The highest BCUT2D eigenvalue weighted by Gasteiger charge is 2.08. The Morgan fingerprint density at radius 1 is 1.22 bits per heavy atom. The third kappa shape index (κ3) is 2.85. The van der Waals surface area contributed by atoms with Crippen molar-refractivity contribution in [1.29, 1.82) is 0 Å². The van der Waals surface area contributed by atoms with E-state index in [1.54, 1.807) is 23.9 Å². The van der Waals surface area contributed by atoms with E-state index in [0.29, 0.717) is 6.42 Å². The minimum atomic E-state index is -0.196. The third-order valence-electron chi connectivity index (χ3n) is 2.83. The molecule has 2 aromatic carbocycles. The van der Waals surface area contributed by atoms with Crippen LogP contribution in [0.25, 0.3) is 0 Å². The van der Waals surface area contributed by atoms with E-state index in [4.69, 9.17) is 5.73 Å². The van der Waals surface area contributed by atoms with Gasteiger partial charge in [0.05, 0.1) is 0 Å². The first-order valence-electron chi connectivity index (χ1n) is 5.77. The molecular formula is C15H16FNS. The topological polar surface area (TPSA) is 26.0 Å². The summed E-state index contributed by atoms with van der Waals surface area (Å²) in [5.74, 6) is -0.196. The Labute approximate surface area is 111 Å². The molecular weight excluding hydrogens is 245 g/mol. The van der Waals surface area contributed by atoms with Gasteiger partial charge in [-0.3, -0.25) is 0 Å². The molecule has 0 spiro atoms. The molecule has 1 nitrogen and oxygen atoms in total. The van der Waals surface area contributed by atoms with Gasteiger partial charge in [-0.25, -0.2) is 4.39 Å². The van der Waals surface area contributed by atoms with E-state index < -0.39 is 0 Å². The summed E-state index contributed by atoms with van der Waals surface area (Å²) in [6.45, 7) is 2.02. The predicted molar refractivity (Wildman–Crippen MR) is 76.6 cm³/mol. The van der Waals surface area contributed by atoms with Crippen LogP contribution in [-0.2, 0) is 6.42 Å². The van der Waals surface area contributed by atoms with E-state index in [1.807, 2.05) is 25.3 Å². The Bertz CT molecular complexity index is 566. The monoisotopic (exact) mass is 261 g/mol. The van der Waals surface area contributed by atoms with Crippen LogP contribution in [0, 0.1) is 12.7 Å². The zero-order chi connectivity index (χ0) is 13.1. The molecule has 0 radical (unpaired) electrons. The fraction of sp³-hybridized carbons (Fsp3) is 0.200.